The van der Waals surface area contributed by atoms with E-state index in [1.807, 2.05) is 6.92 Å². The summed E-state index contributed by atoms with van der Waals surface area (Å²) < 4.78 is 26.2. The van der Waals surface area contributed by atoms with Crippen LogP contribution >= 0.6 is 0 Å². The van der Waals surface area contributed by atoms with Gasteiger partial charge in [-0.25, -0.2) is 9.98 Å². The number of guanidine groups is 1. The first-order valence-corrected chi connectivity index (χ1v) is 6.86. The van der Waals surface area contributed by atoms with Gasteiger partial charge in [0.05, 0.1) is 0 Å². The molecule has 0 unspecified atom stereocenters. The van der Waals surface area contributed by atoms with Crippen molar-refractivity contribution in [1.29, 1.82) is 0 Å². The summed E-state index contributed by atoms with van der Waals surface area (Å²) in [6.07, 6.45) is 3.64. The fourth-order valence-corrected chi connectivity index (χ4v) is 1.61. The van der Waals surface area contributed by atoms with E-state index in [4.69, 9.17) is 0 Å². The molecule has 0 saturated heterocycles. The Balaban J connectivity index is 2.59. The van der Waals surface area contributed by atoms with E-state index in [1.54, 1.807) is 0 Å². The SMILES string of the molecule is CCNC(=NCc1nccn1C(F)F)NCCC(C)C. The molecule has 0 amide bonds. The van der Waals surface area contributed by atoms with E-state index in [2.05, 4.69) is 34.5 Å². The summed E-state index contributed by atoms with van der Waals surface area (Å²) in [6, 6.07) is 0. The molecule has 0 aliphatic heterocycles. The summed E-state index contributed by atoms with van der Waals surface area (Å²) in [4.78, 5) is 8.17. The lowest BCUT2D eigenvalue weighted by atomic mass is 10.1. The third-order valence-electron chi connectivity index (χ3n) is 2.70. The van der Waals surface area contributed by atoms with E-state index in [1.165, 1.54) is 12.4 Å². The van der Waals surface area contributed by atoms with E-state index in [0.29, 0.717) is 11.9 Å². The zero-order valence-corrected chi connectivity index (χ0v) is 12.2. The van der Waals surface area contributed by atoms with Crippen molar-refractivity contribution in [3.05, 3.63) is 18.2 Å². The highest BCUT2D eigenvalue weighted by Crippen LogP contribution is 2.12. The first kappa shape index (κ1) is 16.4. The number of hydrogen-bond acceptors (Lipinski definition) is 2. The zero-order valence-electron chi connectivity index (χ0n) is 12.2. The van der Waals surface area contributed by atoms with Gasteiger partial charge in [0.25, 0.3) is 0 Å². The summed E-state index contributed by atoms with van der Waals surface area (Å²) >= 11 is 0. The molecule has 7 heteroatoms. The monoisotopic (exact) mass is 287 g/mol. The molecule has 0 bridgehead atoms. The number of halogens is 2. The van der Waals surface area contributed by atoms with Crippen molar-refractivity contribution in [2.24, 2.45) is 10.9 Å². The molecule has 0 spiro atoms. The van der Waals surface area contributed by atoms with E-state index in [0.717, 1.165) is 24.1 Å². The molecule has 1 aromatic heterocycles. The molecule has 0 fully saturated rings. The lowest BCUT2D eigenvalue weighted by Crippen LogP contribution is -2.38. The van der Waals surface area contributed by atoms with Gasteiger partial charge in [0, 0.05) is 25.5 Å². The maximum Gasteiger partial charge on any atom is 0.319 e. The molecule has 0 aliphatic carbocycles. The second kappa shape index (κ2) is 8.50. The predicted molar refractivity (Wildman–Crippen MR) is 75.8 cm³/mol. The van der Waals surface area contributed by atoms with Gasteiger partial charge < -0.3 is 10.6 Å². The van der Waals surface area contributed by atoms with E-state index < -0.39 is 6.55 Å². The zero-order chi connectivity index (χ0) is 15.0. The molecule has 1 rings (SSSR count). The van der Waals surface area contributed by atoms with Gasteiger partial charge in [-0.3, -0.25) is 4.57 Å². The van der Waals surface area contributed by atoms with E-state index >= 15 is 0 Å². The van der Waals surface area contributed by atoms with Gasteiger partial charge >= 0.3 is 6.55 Å². The van der Waals surface area contributed by atoms with Crippen molar-refractivity contribution < 1.29 is 8.78 Å². The maximum atomic E-state index is 12.7. The van der Waals surface area contributed by atoms with Crippen molar-refractivity contribution in [2.45, 2.75) is 40.3 Å². The third kappa shape index (κ3) is 5.54. The first-order valence-electron chi connectivity index (χ1n) is 6.86. The Morgan fingerprint density at radius 2 is 2.15 bits per heavy atom. The van der Waals surface area contributed by atoms with Crippen LogP contribution in [-0.4, -0.2) is 28.6 Å². The molecule has 0 saturated carbocycles. The van der Waals surface area contributed by atoms with E-state index in [9.17, 15) is 8.78 Å². The van der Waals surface area contributed by atoms with Crippen LogP contribution in [0.25, 0.3) is 0 Å². The molecule has 5 nitrogen and oxygen atoms in total. The minimum atomic E-state index is -2.58. The Bertz CT molecular complexity index is 415. The van der Waals surface area contributed by atoms with Crippen molar-refractivity contribution >= 4 is 5.96 Å². The molecule has 0 atom stereocenters. The molecule has 2 N–H and O–H groups in total. The van der Waals surface area contributed by atoms with Crippen LogP contribution in [0.2, 0.25) is 0 Å². The number of aliphatic imine (C=N–C) groups is 1. The fourth-order valence-electron chi connectivity index (χ4n) is 1.61. The van der Waals surface area contributed by atoms with Gasteiger partial charge in [-0.2, -0.15) is 8.78 Å². The van der Waals surface area contributed by atoms with Crippen LogP contribution in [-0.2, 0) is 6.54 Å². The van der Waals surface area contributed by atoms with Gasteiger partial charge in [0.1, 0.15) is 12.4 Å². The summed E-state index contributed by atoms with van der Waals surface area (Å²) in [6.45, 7) is 5.30. The van der Waals surface area contributed by atoms with Crippen LogP contribution in [0.5, 0.6) is 0 Å². The standard InChI is InChI=1S/C13H23F2N5/c1-4-16-13(18-6-5-10(2)3)19-9-11-17-7-8-20(11)12(14)15/h7-8,10,12H,4-6,9H2,1-3H3,(H2,16,18,19). The molecular formula is C13H23F2N5. The maximum absolute atomic E-state index is 12.7. The van der Waals surface area contributed by atoms with Crippen molar-refractivity contribution in [3.8, 4) is 0 Å². The lowest BCUT2D eigenvalue weighted by molar-refractivity contribution is 0.0671. The second-order valence-electron chi connectivity index (χ2n) is 4.83. The largest absolute Gasteiger partial charge is 0.357 e. The summed E-state index contributed by atoms with van der Waals surface area (Å²) in [5.74, 6) is 1.47. The van der Waals surface area contributed by atoms with Gasteiger partial charge in [0.2, 0.25) is 0 Å². The minimum absolute atomic E-state index is 0.119. The van der Waals surface area contributed by atoms with Crippen molar-refractivity contribution in [1.82, 2.24) is 20.2 Å². The van der Waals surface area contributed by atoms with Gasteiger partial charge in [-0.05, 0) is 19.3 Å². The highest BCUT2D eigenvalue weighted by Gasteiger charge is 2.10. The Labute approximate surface area is 118 Å². The number of aromatic nitrogens is 2. The summed E-state index contributed by atoms with van der Waals surface area (Å²) in [7, 11) is 0. The number of nitrogens with one attached hydrogen (secondary N) is 2. The fraction of sp³-hybridized carbons (Fsp3) is 0.692. The topological polar surface area (TPSA) is 54.2 Å². The predicted octanol–water partition coefficient (Wildman–Crippen LogP) is 2.38. The van der Waals surface area contributed by atoms with Crippen molar-refractivity contribution in [2.75, 3.05) is 13.1 Å². The summed E-state index contributed by atoms with van der Waals surface area (Å²) in [5, 5.41) is 6.26. The quantitative estimate of drug-likeness (QED) is 0.598. The Morgan fingerprint density at radius 1 is 1.40 bits per heavy atom. The number of alkyl halides is 2. The highest BCUT2D eigenvalue weighted by molar-refractivity contribution is 5.79. The highest BCUT2D eigenvalue weighted by atomic mass is 19.3. The van der Waals surface area contributed by atoms with Gasteiger partial charge in [-0.15, -0.1) is 0 Å². The Morgan fingerprint density at radius 3 is 2.75 bits per heavy atom. The van der Waals surface area contributed by atoms with Gasteiger partial charge in [0.15, 0.2) is 5.96 Å². The average Bonchev–Trinajstić information content (AvgIpc) is 2.84. The number of nitrogens with zero attached hydrogens (tertiary/aromatic N) is 3. The van der Waals surface area contributed by atoms with Crippen molar-refractivity contribution in [3.63, 3.8) is 0 Å². The summed E-state index contributed by atoms with van der Waals surface area (Å²) in [5.41, 5.74) is 0. The molecule has 0 aliphatic rings. The van der Waals surface area contributed by atoms with Gasteiger partial charge in [-0.1, -0.05) is 13.8 Å². The minimum Gasteiger partial charge on any atom is -0.357 e. The first-order chi connectivity index (χ1) is 9.54. The molecule has 1 heterocycles. The molecule has 1 aromatic rings. The van der Waals surface area contributed by atoms with Crippen LogP contribution < -0.4 is 10.6 Å². The van der Waals surface area contributed by atoms with Crippen LogP contribution in [0.15, 0.2) is 17.4 Å². The molecule has 0 aromatic carbocycles. The van der Waals surface area contributed by atoms with Crippen LogP contribution in [0.4, 0.5) is 8.78 Å². The normalized spacial score (nSPS) is 12.2. The molecule has 20 heavy (non-hydrogen) atoms. The number of rotatable bonds is 7. The van der Waals surface area contributed by atoms with Crippen LogP contribution in [0, 0.1) is 5.92 Å². The number of imidazole rings is 1. The third-order valence-corrected chi connectivity index (χ3v) is 2.70. The molecule has 114 valence electrons. The Hall–Kier alpha value is -1.66. The van der Waals surface area contributed by atoms with Crippen LogP contribution in [0.3, 0.4) is 0 Å². The second-order valence-corrected chi connectivity index (χ2v) is 4.83. The average molecular weight is 287 g/mol. The number of hydrogen-bond donors (Lipinski definition) is 2. The molecule has 0 radical (unpaired) electrons. The van der Waals surface area contributed by atoms with Crippen LogP contribution in [0.1, 0.15) is 39.6 Å². The lowest BCUT2D eigenvalue weighted by Gasteiger charge is -2.12. The van der Waals surface area contributed by atoms with E-state index in [-0.39, 0.29) is 12.4 Å². The Kier molecular flexibility index (Phi) is 6.97. The molecular weight excluding hydrogens is 264 g/mol. The smallest absolute Gasteiger partial charge is 0.319 e.